The highest BCUT2D eigenvalue weighted by molar-refractivity contribution is 8.00. The third-order valence-electron chi connectivity index (χ3n) is 4.13. The molecule has 0 saturated heterocycles. The highest BCUT2D eigenvalue weighted by Gasteiger charge is 2.20. The van der Waals surface area contributed by atoms with Crippen LogP contribution in [0.4, 0.5) is 0 Å². The van der Waals surface area contributed by atoms with Crippen molar-refractivity contribution in [2.45, 2.75) is 10.6 Å². The van der Waals surface area contributed by atoms with Crippen LogP contribution in [0.2, 0.25) is 0 Å². The van der Waals surface area contributed by atoms with Crippen molar-refractivity contribution in [1.82, 2.24) is 4.98 Å². The summed E-state index contributed by atoms with van der Waals surface area (Å²) < 4.78 is 12.4. The number of amidine groups is 1. The fourth-order valence-electron chi connectivity index (χ4n) is 2.77. The number of hydrogen-bond donors (Lipinski definition) is 2. The second-order valence-electron chi connectivity index (χ2n) is 6.01. The highest BCUT2D eigenvalue weighted by atomic mass is 32.2. The van der Waals surface area contributed by atoms with Crippen molar-refractivity contribution in [3.8, 4) is 33.3 Å². The van der Waals surface area contributed by atoms with E-state index in [9.17, 15) is 4.79 Å². The minimum absolute atomic E-state index is 0.451. The maximum Gasteiger partial charge on any atom is 0.237 e. The van der Waals surface area contributed by atoms with Crippen LogP contribution < -0.4 is 15.2 Å². The number of fused-ring (bicyclic) bond motifs is 1. The van der Waals surface area contributed by atoms with Crippen molar-refractivity contribution >= 4 is 46.1 Å². The Kier molecular flexibility index (Phi) is 5.38. The lowest BCUT2D eigenvalue weighted by atomic mass is 10.1. The molecular weight excluding hydrogens is 414 g/mol. The van der Waals surface area contributed by atoms with Crippen molar-refractivity contribution in [3.05, 3.63) is 34.5 Å². The van der Waals surface area contributed by atoms with Gasteiger partial charge >= 0.3 is 0 Å². The molecule has 0 bridgehead atoms. The van der Waals surface area contributed by atoms with Crippen LogP contribution in [0.5, 0.6) is 11.5 Å². The van der Waals surface area contributed by atoms with Gasteiger partial charge in [0.05, 0.1) is 28.0 Å². The van der Waals surface area contributed by atoms with Gasteiger partial charge in [-0.25, -0.2) is 4.98 Å². The fraction of sp³-hybridized carbons (Fsp3) is 0.211. The monoisotopic (exact) mass is 431 g/mol. The van der Waals surface area contributed by atoms with Gasteiger partial charge in [-0.3, -0.25) is 10.2 Å². The Labute approximate surface area is 174 Å². The molecule has 0 amide bonds. The van der Waals surface area contributed by atoms with Gasteiger partial charge in [0, 0.05) is 22.9 Å². The Morgan fingerprint density at radius 3 is 2.79 bits per heavy atom. The molecule has 0 spiro atoms. The molecule has 3 aromatic rings. The van der Waals surface area contributed by atoms with Crippen LogP contribution in [0.25, 0.3) is 21.8 Å². The van der Waals surface area contributed by atoms with E-state index in [2.05, 4.69) is 0 Å². The van der Waals surface area contributed by atoms with Crippen LogP contribution in [0.3, 0.4) is 0 Å². The minimum Gasteiger partial charge on any atom is -0.490 e. The van der Waals surface area contributed by atoms with Crippen LogP contribution in [-0.4, -0.2) is 36.1 Å². The number of aromatic nitrogens is 1. The number of thiophene rings is 1. The van der Waals surface area contributed by atoms with Gasteiger partial charge in [-0.05, 0) is 30.5 Å². The molecule has 0 aliphatic carbocycles. The largest absolute Gasteiger partial charge is 0.490 e. The van der Waals surface area contributed by atoms with Crippen LogP contribution in [0, 0.1) is 5.41 Å². The fourth-order valence-corrected chi connectivity index (χ4v) is 5.58. The summed E-state index contributed by atoms with van der Waals surface area (Å²) in [5.41, 5.74) is 8.04. The second kappa shape index (κ2) is 7.94. The predicted molar refractivity (Wildman–Crippen MR) is 114 cm³/mol. The molecule has 28 heavy (non-hydrogen) atoms. The maximum absolute atomic E-state index is 12.1. The molecule has 1 aliphatic rings. The van der Waals surface area contributed by atoms with E-state index in [1.807, 2.05) is 29.8 Å². The van der Waals surface area contributed by atoms with Gasteiger partial charge in [0.25, 0.3) is 0 Å². The molecule has 0 saturated carbocycles. The normalized spacial score (nSPS) is 13.2. The van der Waals surface area contributed by atoms with Crippen LogP contribution >= 0.6 is 34.4 Å². The third kappa shape index (κ3) is 3.65. The van der Waals surface area contributed by atoms with Gasteiger partial charge in [-0.1, -0.05) is 0 Å². The number of ketones is 1. The number of thiazole rings is 1. The van der Waals surface area contributed by atoms with Gasteiger partial charge in [-0.15, -0.1) is 34.4 Å². The molecule has 9 heteroatoms. The maximum atomic E-state index is 12.1. The number of nitrogens with zero attached hydrogens (tertiary/aromatic N) is 1. The van der Waals surface area contributed by atoms with Gasteiger partial charge in [-0.2, -0.15) is 0 Å². The van der Waals surface area contributed by atoms with Crippen molar-refractivity contribution in [2.75, 3.05) is 19.5 Å². The summed E-state index contributed by atoms with van der Waals surface area (Å²) in [5.74, 6) is 0.588. The molecule has 0 unspecified atom stereocenters. The summed E-state index contributed by atoms with van der Waals surface area (Å²) >= 11 is 4.41. The number of carbonyl (C=O) groups is 1. The van der Waals surface area contributed by atoms with E-state index in [-0.39, 0.29) is 0 Å². The van der Waals surface area contributed by atoms with Crippen LogP contribution in [0.1, 0.15) is 16.1 Å². The third-order valence-corrected chi connectivity index (χ3v) is 7.27. The summed E-state index contributed by atoms with van der Waals surface area (Å²) in [7, 11) is 0. The Hall–Kier alpha value is -2.36. The van der Waals surface area contributed by atoms with Crippen molar-refractivity contribution in [2.24, 2.45) is 5.73 Å². The van der Waals surface area contributed by atoms with Gasteiger partial charge in [0.1, 0.15) is 5.01 Å². The van der Waals surface area contributed by atoms with E-state index in [0.29, 0.717) is 18.1 Å². The number of nitrogens with two attached hydrogens (primary N) is 1. The standard InChI is InChI=1S/C19H17N3O3S3/c1-26-19-11(8-15(28-19)16(23)17(20)21)18-22-12(9-27-18)10-3-4-13-14(7-10)25-6-2-5-24-13/h3-4,7-9H,2,5-6H2,1H3,(H3,20,21). The number of carbonyl (C=O) groups excluding carboxylic acids is 1. The van der Waals surface area contributed by atoms with E-state index >= 15 is 0 Å². The first-order chi connectivity index (χ1) is 13.6. The van der Waals surface area contributed by atoms with Gasteiger partial charge in [0.15, 0.2) is 17.3 Å². The number of ether oxygens (including phenoxy) is 2. The molecule has 3 heterocycles. The zero-order valence-corrected chi connectivity index (χ0v) is 17.4. The molecule has 1 aromatic carbocycles. The Morgan fingerprint density at radius 1 is 1.25 bits per heavy atom. The Bertz CT molecular complexity index is 1060. The van der Waals surface area contributed by atoms with E-state index in [1.54, 1.807) is 17.8 Å². The van der Waals surface area contributed by atoms with Crippen molar-refractivity contribution < 1.29 is 14.3 Å². The zero-order valence-electron chi connectivity index (χ0n) is 15.0. The molecule has 0 fully saturated rings. The topological polar surface area (TPSA) is 98.3 Å². The Balaban J connectivity index is 1.68. The van der Waals surface area contributed by atoms with Gasteiger partial charge in [0.2, 0.25) is 5.78 Å². The lowest BCUT2D eigenvalue weighted by molar-refractivity contribution is 0.106. The number of Topliss-reactive ketones (excluding diaryl/α,β-unsaturated/α-hetero) is 1. The quantitative estimate of drug-likeness (QED) is 0.266. The second-order valence-corrected chi connectivity index (χ2v) is 8.99. The summed E-state index contributed by atoms with van der Waals surface area (Å²) in [5, 5.41) is 10.2. The van der Waals surface area contributed by atoms with Crippen LogP contribution in [-0.2, 0) is 0 Å². The van der Waals surface area contributed by atoms with Crippen molar-refractivity contribution in [3.63, 3.8) is 0 Å². The predicted octanol–water partition coefficient (Wildman–Crippen LogP) is 4.54. The lowest BCUT2D eigenvalue weighted by Crippen LogP contribution is -2.21. The first-order valence-corrected chi connectivity index (χ1v) is 11.4. The smallest absolute Gasteiger partial charge is 0.237 e. The molecule has 4 rings (SSSR count). The zero-order chi connectivity index (χ0) is 19.7. The molecular formula is C19H17N3O3S3. The minimum atomic E-state index is -0.453. The van der Waals surface area contributed by atoms with Crippen LogP contribution in [0.15, 0.2) is 33.9 Å². The van der Waals surface area contributed by atoms with Gasteiger partial charge < -0.3 is 15.2 Å². The van der Waals surface area contributed by atoms with Crippen molar-refractivity contribution in [1.29, 1.82) is 5.41 Å². The molecule has 6 nitrogen and oxygen atoms in total. The average molecular weight is 432 g/mol. The number of rotatable bonds is 5. The van der Waals surface area contributed by atoms with E-state index < -0.39 is 11.6 Å². The summed E-state index contributed by atoms with van der Waals surface area (Å²) in [6, 6.07) is 7.61. The molecule has 2 aromatic heterocycles. The number of thioether (sulfide) groups is 1. The molecule has 0 atom stereocenters. The molecule has 144 valence electrons. The highest BCUT2D eigenvalue weighted by Crippen LogP contribution is 2.41. The summed E-state index contributed by atoms with van der Waals surface area (Å²) in [6.07, 6.45) is 2.82. The van der Waals surface area contributed by atoms with E-state index in [0.717, 1.165) is 44.0 Å². The number of benzene rings is 1. The first kappa shape index (κ1) is 19.0. The average Bonchev–Trinajstić information content (AvgIpc) is 3.28. The molecule has 0 radical (unpaired) electrons. The number of nitrogens with one attached hydrogen (secondary N) is 1. The SMILES string of the molecule is CSc1sc(C(=O)C(=N)N)cc1-c1nc(-c2ccc3c(c2)OCCCO3)cs1. The number of hydrogen-bond acceptors (Lipinski definition) is 8. The first-order valence-electron chi connectivity index (χ1n) is 8.49. The molecule has 3 N–H and O–H groups in total. The molecule has 1 aliphatic heterocycles. The summed E-state index contributed by atoms with van der Waals surface area (Å²) in [4.78, 5) is 17.3. The Morgan fingerprint density at radius 2 is 2.04 bits per heavy atom. The summed E-state index contributed by atoms with van der Waals surface area (Å²) in [6.45, 7) is 1.29. The van der Waals surface area contributed by atoms with E-state index in [1.165, 1.54) is 22.7 Å². The van der Waals surface area contributed by atoms with E-state index in [4.69, 9.17) is 25.6 Å². The lowest BCUT2D eigenvalue weighted by Gasteiger charge is -2.08.